The minimum atomic E-state index is -0.0225. The molecule has 1 aliphatic carbocycles. The lowest BCUT2D eigenvalue weighted by molar-refractivity contribution is -0.146. The number of nitrogens with zero attached hydrogens (tertiary/aromatic N) is 1. The summed E-state index contributed by atoms with van der Waals surface area (Å²) in [6.45, 7) is 1.68. The highest BCUT2D eigenvalue weighted by Gasteiger charge is 2.24. The molecule has 0 N–H and O–H groups in total. The van der Waals surface area contributed by atoms with Crippen molar-refractivity contribution in [2.75, 3.05) is 20.2 Å². The van der Waals surface area contributed by atoms with Gasteiger partial charge < -0.3 is 9.64 Å². The largest absolute Gasteiger partial charge is 0.464 e. The molecule has 0 bridgehead atoms. The SMILES string of the molecule is CN1CCCCC1COC(=O)CC1CCCCc2ccccc21. The first-order valence-electron chi connectivity index (χ1n) is 9.17. The van der Waals surface area contributed by atoms with E-state index in [0.29, 0.717) is 25.0 Å². The van der Waals surface area contributed by atoms with E-state index in [1.165, 1.54) is 36.8 Å². The van der Waals surface area contributed by atoms with Crippen LogP contribution in [0.1, 0.15) is 62.0 Å². The maximum atomic E-state index is 12.3. The minimum absolute atomic E-state index is 0.0225. The van der Waals surface area contributed by atoms with Crippen LogP contribution in [-0.4, -0.2) is 37.1 Å². The third-order valence-electron chi connectivity index (χ3n) is 5.51. The van der Waals surface area contributed by atoms with E-state index in [9.17, 15) is 4.79 Å². The summed E-state index contributed by atoms with van der Waals surface area (Å²) in [6.07, 6.45) is 8.89. The molecule has 0 radical (unpaired) electrons. The Hall–Kier alpha value is -1.35. The van der Waals surface area contributed by atoms with Crippen molar-refractivity contribution in [1.82, 2.24) is 4.90 Å². The number of carbonyl (C=O) groups is 1. The smallest absolute Gasteiger partial charge is 0.306 e. The van der Waals surface area contributed by atoms with Crippen LogP contribution in [0.2, 0.25) is 0 Å². The number of carbonyl (C=O) groups excluding carboxylic acids is 1. The van der Waals surface area contributed by atoms with Gasteiger partial charge in [-0.1, -0.05) is 37.1 Å². The number of rotatable bonds is 4. The van der Waals surface area contributed by atoms with Crippen LogP contribution in [-0.2, 0) is 16.0 Å². The molecule has 0 spiro atoms. The zero-order valence-electron chi connectivity index (χ0n) is 14.3. The van der Waals surface area contributed by atoms with Crippen LogP contribution in [0.15, 0.2) is 24.3 Å². The summed E-state index contributed by atoms with van der Waals surface area (Å²) >= 11 is 0. The summed E-state index contributed by atoms with van der Waals surface area (Å²) in [4.78, 5) is 14.7. The van der Waals surface area contributed by atoms with Crippen molar-refractivity contribution in [3.8, 4) is 0 Å². The highest BCUT2D eigenvalue weighted by molar-refractivity contribution is 5.70. The molecule has 3 rings (SSSR count). The van der Waals surface area contributed by atoms with Gasteiger partial charge in [0.15, 0.2) is 0 Å². The normalized spacial score (nSPS) is 25.4. The van der Waals surface area contributed by atoms with Gasteiger partial charge in [-0.15, -0.1) is 0 Å². The molecular formula is C20H29NO2. The minimum Gasteiger partial charge on any atom is -0.464 e. The van der Waals surface area contributed by atoms with Crippen molar-refractivity contribution < 1.29 is 9.53 Å². The van der Waals surface area contributed by atoms with Gasteiger partial charge in [0.25, 0.3) is 0 Å². The van der Waals surface area contributed by atoms with E-state index in [1.54, 1.807) is 0 Å². The molecule has 0 aromatic heterocycles. The summed E-state index contributed by atoms with van der Waals surface area (Å²) in [5.41, 5.74) is 2.80. The van der Waals surface area contributed by atoms with E-state index < -0.39 is 0 Å². The summed E-state index contributed by atoms with van der Waals surface area (Å²) in [5, 5.41) is 0. The van der Waals surface area contributed by atoms with Gasteiger partial charge in [-0.2, -0.15) is 0 Å². The number of piperidine rings is 1. The number of aryl methyl sites for hydroxylation is 1. The van der Waals surface area contributed by atoms with Crippen molar-refractivity contribution in [1.29, 1.82) is 0 Å². The van der Waals surface area contributed by atoms with Gasteiger partial charge in [0.1, 0.15) is 6.61 Å². The first-order chi connectivity index (χ1) is 11.2. The number of ether oxygens (including phenoxy) is 1. The number of esters is 1. The second-order valence-corrected chi connectivity index (χ2v) is 7.16. The molecule has 1 aromatic rings. The fourth-order valence-electron chi connectivity index (χ4n) is 4.04. The van der Waals surface area contributed by atoms with Gasteiger partial charge in [0, 0.05) is 6.04 Å². The number of benzene rings is 1. The molecule has 0 amide bonds. The van der Waals surface area contributed by atoms with Crippen LogP contribution < -0.4 is 0 Å². The number of fused-ring (bicyclic) bond motifs is 1. The third-order valence-corrected chi connectivity index (χ3v) is 5.51. The summed E-state index contributed by atoms with van der Waals surface area (Å²) in [6, 6.07) is 9.04. The van der Waals surface area contributed by atoms with Gasteiger partial charge in [0.2, 0.25) is 0 Å². The molecule has 1 saturated heterocycles. The molecule has 2 atom stereocenters. The van der Waals surface area contributed by atoms with E-state index in [4.69, 9.17) is 4.74 Å². The first-order valence-corrected chi connectivity index (χ1v) is 9.17. The van der Waals surface area contributed by atoms with Gasteiger partial charge in [-0.05, 0) is 62.7 Å². The van der Waals surface area contributed by atoms with Crippen LogP contribution in [0.4, 0.5) is 0 Å². The predicted molar refractivity (Wildman–Crippen MR) is 92.6 cm³/mol. The van der Waals surface area contributed by atoms with E-state index in [2.05, 4.69) is 36.2 Å². The second-order valence-electron chi connectivity index (χ2n) is 7.16. The number of hydrogen-bond acceptors (Lipinski definition) is 3. The first kappa shape index (κ1) is 16.5. The van der Waals surface area contributed by atoms with Crippen LogP contribution in [0.3, 0.4) is 0 Å². The van der Waals surface area contributed by atoms with Crippen LogP contribution >= 0.6 is 0 Å². The quantitative estimate of drug-likeness (QED) is 0.623. The van der Waals surface area contributed by atoms with E-state index in [0.717, 1.165) is 25.8 Å². The van der Waals surface area contributed by atoms with Crippen molar-refractivity contribution in [2.45, 2.75) is 63.3 Å². The third kappa shape index (κ3) is 4.35. The Bertz CT molecular complexity index is 528. The lowest BCUT2D eigenvalue weighted by atomic mass is 9.90. The molecule has 23 heavy (non-hydrogen) atoms. The highest BCUT2D eigenvalue weighted by atomic mass is 16.5. The molecular weight excluding hydrogens is 286 g/mol. The lowest BCUT2D eigenvalue weighted by Gasteiger charge is -2.32. The van der Waals surface area contributed by atoms with E-state index >= 15 is 0 Å². The molecule has 1 heterocycles. The summed E-state index contributed by atoms with van der Waals surface area (Å²) in [7, 11) is 2.14. The Balaban J connectivity index is 1.55. The van der Waals surface area contributed by atoms with Gasteiger partial charge >= 0.3 is 5.97 Å². The monoisotopic (exact) mass is 315 g/mol. The van der Waals surface area contributed by atoms with Crippen molar-refractivity contribution in [3.63, 3.8) is 0 Å². The molecule has 3 nitrogen and oxygen atoms in total. The summed E-state index contributed by atoms with van der Waals surface area (Å²) < 4.78 is 5.63. The van der Waals surface area contributed by atoms with Crippen molar-refractivity contribution >= 4 is 5.97 Å². The standard InChI is InChI=1S/C20H29NO2/c1-21-13-7-6-11-18(21)15-23-20(22)14-17-10-3-2-8-16-9-4-5-12-19(16)17/h4-5,9,12,17-18H,2-3,6-8,10-11,13-15H2,1H3. The van der Waals surface area contributed by atoms with Gasteiger partial charge in [0.05, 0.1) is 6.42 Å². The second kappa shape index (κ2) is 7.96. The number of hydrogen-bond donors (Lipinski definition) is 0. The maximum Gasteiger partial charge on any atom is 0.306 e. The van der Waals surface area contributed by atoms with E-state index in [1.807, 2.05) is 0 Å². The Kier molecular flexibility index (Phi) is 5.71. The zero-order chi connectivity index (χ0) is 16.1. The fraction of sp³-hybridized carbons (Fsp3) is 0.650. The molecule has 3 heteroatoms. The Morgan fingerprint density at radius 3 is 2.87 bits per heavy atom. The van der Waals surface area contributed by atoms with E-state index in [-0.39, 0.29) is 5.97 Å². The number of likely N-dealkylation sites (N-methyl/N-ethyl adjacent to an activating group) is 1. The summed E-state index contributed by atoms with van der Waals surface area (Å²) in [5.74, 6) is 0.316. The van der Waals surface area contributed by atoms with Crippen molar-refractivity contribution in [2.24, 2.45) is 0 Å². The maximum absolute atomic E-state index is 12.3. The lowest BCUT2D eigenvalue weighted by Crippen LogP contribution is -2.40. The zero-order valence-corrected chi connectivity index (χ0v) is 14.3. The average molecular weight is 315 g/mol. The fourth-order valence-corrected chi connectivity index (χ4v) is 4.04. The molecule has 1 aromatic carbocycles. The van der Waals surface area contributed by atoms with Crippen LogP contribution in [0, 0.1) is 0 Å². The van der Waals surface area contributed by atoms with Crippen molar-refractivity contribution in [3.05, 3.63) is 35.4 Å². The highest BCUT2D eigenvalue weighted by Crippen LogP contribution is 2.33. The molecule has 2 aliphatic rings. The average Bonchev–Trinajstić information content (AvgIpc) is 2.77. The number of likely N-dealkylation sites (tertiary alicyclic amines) is 1. The Morgan fingerprint density at radius 1 is 1.17 bits per heavy atom. The molecule has 126 valence electrons. The molecule has 0 saturated carbocycles. The Labute approximate surface area is 140 Å². The topological polar surface area (TPSA) is 29.5 Å². The van der Waals surface area contributed by atoms with Gasteiger partial charge in [-0.25, -0.2) is 0 Å². The van der Waals surface area contributed by atoms with Crippen LogP contribution in [0.25, 0.3) is 0 Å². The predicted octanol–water partition coefficient (Wildman–Crippen LogP) is 3.91. The van der Waals surface area contributed by atoms with Crippen LogP contribution in [0.5, 0.6) is 0 Å². The van der Waals surface area contributed by atoms with Gasteiger partial charge in [-0.3, -0.25) is 4.79 Å². The molecule has 1 fully saturated rings. The molecule has 2 unspecified atom stereocenters. The molecule has 1 aliphatic heterocycles. The Morgan fingerprint density at radius 2 is 2.00 bits per heavy atom.